The number of rotatable bonds is 7. The highest BCUT2D eigenvalue weighted by Gasteiger charge is 2.24. The van der Waals surface area contributed by atoms with Gasteiger partial charge in [0, 0.05) is 29.1 Å². The number of benzene rings is 2. The summed E-state index contributed by atoms with van der Waals surface area (Å²) in [4.78, 5) is 14.9. The Bertz CT molecular complexity index is 897. The van der Waals surface area contributed by atoms with Gasteiger partial charge in [0.05, 0.1) is 24.9 Å². The number of hydrazone groups is 1. The van der Waals surface area contributed by atoms with Crippen LogP contribution in [0.4, 0.5) is 0 Å². The second-order valence-corrected chi connectivity index (χ2v) is 8.43. The Labute approximate surface area is 190 Å². The van der Waals surface area contributed by atoms with Gasteiger partial charge in [-0.1, -0.05) is 23.7 Å². The van der Waals surface area contributed by atoms with Crippen LogP contribution in [-0.2, 0) is 11.3 Å². The third-order valence-corrected chi connectivity index (χ3v) is 6.03. The minimum absolute atomic E-state index is 0.0342. The Morgan fingerprint density at radius 3 is 2.50 bits per heavy atom. The molecule has 30 heavy (non-hydrogen) atoms. The van der Waals surface area contributed by atoms with Gasteiger partial charge in [-0.25, -0.2) is 5.43 Å². The van der Waals surface area contributed by atoms with E-state index in [4.69, 9.17) is 21.1 Å². The third-order valence-electron chi connectivity index (χ3n) is 5.16. The molecule has 0 saturated carbocycles. The molecule has 1 amide bonds. The van der Waals surface area contributed by atoms with Crippen molar-refractivity contribution >= 4 is 39.7 Å². The van der Waals surface area contributed by atoms with E-state index >= 15 is 0 Å². The number of nitrogens with one attached hydrogen (secondary N) is 1. The quantitative estimate of drug-likeness (QED) is 0.455. The van der Waals surface area contributed by atoms with Gasteiger partial charge in [-0.3, -0.25) is 9.69 Å². The van der Waals surface area contributed by atoms with E-state index in [1.807, 2.05) is 30.3 Å². The molecule has 0 aromatic heterocycles. The van der Waals surface area contributed by atoms with Crippen molar-refractivity contribution in [3.05, 3.63) is 57.0 Å². The first-order valence-corrected chi connectivity index (χ1v) is 10.9. The van der Waals surface area contributed by atoms with Crippen LogP contribution in [0.1, 0.15) is 24.0 Å². The number of amides is 1. The Hall–Kier alpha value is -2.09. The van der Waals surface area contributed by atoms with E-state index in [0.29, 0.717) is 11.5 Å². The highest BCUT2D eigenvalue weighted by molar-refractivity contribution is 9.10. The zero-order valence-electron chi connectivity index (χ0n) is 17.0. The third kappa shape index (κ3) is 5.97. The smallest absolute Gasteiger partial charge is 0.243 e. The lowest BCUT2D eigenvalue weighted by atomic mass is 9.96. The van der Waals surface area contributed by atoms with E-state index in [1.165, 1.54) is 5.56 Å². The molecule has 0 radical (unpaired) electrons. The van der Waals surface area contributed by atoms with Gasteiger partial charge in [0.15, 0.2) is 0 Å². The molecule has 0 atom stereocenters. The van der Waals surface area contributed by atoms with Crippen LogP contribution in [0.2, 0.25) is 5.02 Å². The van der Waals surface area contributed by atoms with Crippen LogP contribution in [0, 0.1) is 5.92 Å². The molecule has 1 saturated heterocycles. The summed E-state index contributed by atoms with van der Waals surface area (Å²) in [6.07, 6.45) is 3.20. The minimum atomic E-state index is -0.0519. The standard InChI is InChI=1S/C22H25BrClN3O3/c1-29-20-12-21(30-2)19(23)11-17(20)13-25-26-22(28)16-7-9-27(10-8-16)14-15-3-5-18(24)6-4-15/h3-6,11-13,16H,7-10,14H2,1-2H3,(H,26,28). The van der Waals surface area contributed by atoms with Crippen LogP contribution in [0.3, 0.4) is 0 Å². The number of halogens is 2. The van der Waals surface area contributed by atoms with Gasteiger partial charge in [0.1, 0.15) is 11.5 Å². The second kappa shape index (κ2) is 10.8. The van der Waals surface area contributed by atoms with Gasteiger partial charge < -0.3 is 9.47 Å². The number of carbonyl (C=O) groups is 1. The second-order valence-electron chi connectivity index (χ2n) is 7.14. The van der Waals surface area contributed by atoms with Gasteiger partial charge in [-0.15, -0.1) is 0 Å². The summed E-state index contributed by atoms with van der Waals surface area (Å²) < 4.78 is 11.4. The molecule has 0 unspecified atom stereocenters. The number of carbonyl (C=O) groups excluding carboxylic acids is 1. The Kier molecular flexibility index (Phi) is 8.13. The molecule has 1 heterocycles. The maximum Gasteiger partial charge on any atom is 0.243 e. The fourth-order valence-corrected chi connectivity index (χ4v) is 4.09. The molecule has 2 aromatic rings. The van der Waals surface area contributed by atoms with E-state index in [0.717, 1.165) is 47.5 Å². The van der Waals surface area contributed by atoms with Crippen LogP contribution in [-0.4, -0.2) is 44.3 Å². The van der Waals surface area contributed by atoms with Crippen LogP contribution < -0.4 is 14.9 Å². The molecule has 0 aliphatic carbocycles. The molecular formula is C22H25BrClN3O3. The monoisotopic (exact) mass is 493 g/mol. The lowest BCUT2D eigenvalue weighted by Crippen LogP contribution is -2.39. The first kappa shape index (κ1) is 22.6. The molecule has 3 rings (SSSR count). The highest BCUT2D eigenvalue weighted by Crippen LogP contribution is 2.32. The lowest BCUT2D eigenvalue weighted by molar-refractivity contribution is -0.126. The van der Waals surface area contributed by atoms with Crippen molar-refractivity contribution in [3.8, 4) is 11.5 Å². The number of hydrogen-bond donors (Lipinski definition) is 1. The SMILES string of the molecule is COc1cc(OC)c(C=NNC(=O)C2CCN(Cc3ccc(Cl)cc3)CC2)cc1Br. The molecule has 1 aliphatic heterocycles. The van der Waals surface area contributed by atoms with Crippen LogP contribution in [0.25, 0.3) is 0 Å². The average molecular weight is 495 g/mol. The lowest BCUT2D eigenvalue weighted by Gasteiger charge is -2.30. The molecular weight excluding hydrogens is 470 g/mol. The summed E-state index contributed by atoms with van der Waals surface area (Å²) >= 11 is 9.39. The van der Waals surface area contributed by atoms with Crippen molar-refractivity contribution in [3.63, 3.8) is 0 Å². The molecule has 1 N–H and O–H groups in total. The summed E-state index contributed by atoms with van der Waals surface area (Å²) in [5, 5.41) is 4.87. The molecule has 6 nitrogen and oxygen atoms in total. The number of hydrogen-bond acceptors (Lipinski definition) is 5. The van der Waals surface area contributed by atoms with E-state index in [1.54, 1.807) is 26.5 Å². The van der Waals surface area contributed by atoms with Crippen molar-refractivity contribution in [2.75, 3.05) is 27.3 Å². The average Bonchev–Trinajstić information content (AvgIpc) is 2.76. The van der Waals surface area contributed by atoms with Crippen molar-refractivity contribution in [2.45, 2.75) is 19.4 Å². The molecule has 160 valence electrons. The van der Waals surface area contributed by atoms with Crippen LogP contribution in [0.5, 0.6) is 11.5 Å². The van der Waals surface area contributed by atoms with Crippen molar-refractivity contribution in [1.82, 2.24) is 10.3 Å². The number of ether oxygens (including phenoxy) is 2. The fourth-order valence-electron chi connectivity index (χ4n) is 3.44. The fraction of sp³-hybridized carbons (Fsp3) is 0.364. The first-order chi connectivity index (χ1) is 14.5. The molecule has 0 spiro atoms. The maximum atomic E-state index is 12.5. The van der Waals surface area contributed by atoms with Gasteiger partial charge >= 0.3 is 0 Å². The summed E-state index contributed by atoms with van der Waals surface area (Å²) in [6.45, 7) is 2.63. The summed E-state index contributed by atoms with van der Waals surface area (Å²) in [5.74, 6) is 1.19. The van der Waals surface area contributed by atoms with Gasteiger partial charge in [-0.05, 0) is 65.6 Å². The van der Waals surface area contributed by atoms with Crippen LogP contribution >= 0.6 is 27.5 Å². The van der Waals surface area contributed by atoms with Gasteiger partial charge in [0.25, 0.3) is 0 Å². The van der Waals surface area contributed by atoms with E-state index < -0.39 is 0 Å². The zero-order valence-corrected chi connectivity index (χ0v) is 19.4. The van der Waals surface area contributed by atoms with E-state index in [9.17, 15) is 4.79 Å². The molecule has 2 aromatic carbocycles. The van der Waals surface area contributed by atoms with Crippen molar-refractivity contribution in [1.29, 1.82) is 0 Å². The van der Waals surface area contributed by atoms with Crippen molar-refractivity contribution in [2.24, 2.45) is 11.0 Å². The Morgan fingerprint density at radius 2 is 1.87 bits per heavy atom. The minimum Gasteiger partial charge on any atom is -0.496 e. The topological polar surface area (TPSA) is 63.2 Å². The highest BCUT2D eigenvalue weighted by atomic mass is 79.9. The Morgan fingerprint density at radius 1 is 1.20 bits per heavy atom. The molecule has 0 bridgehead atoms. The zero-order chi connectivity index (χ0) is 21.5. The predicted octanol–water partition coefficient (Wildman–Crippen LogP) is 4.48. The first-order valence-electron chi connectivity index (χ1n) is 9.71. The van der Waals surface area contributed by atoms with Crippen molar-refractivity contribution < 1.29 is 14.3 Å². The summed E-state index contributed by atoms with van der Waals surface area (Å²) in [7, 11) is 3.17. The van der Waals surface area contributed by atoms with E-state index in [2.05, 4.69) is 31.4 Å². The summed E-state index contributed by atoms with van der Waals surface area (Å²) in [5.41, 5.74) is 4.63. The maximum absolute atomic E-state index is 12.5. The number of piperidine rings is 1. The molecule has 1 aliphatic rings. The number of methoxy groups -OCH3 is 2. The number of nitrogens with zero attached hydrogens (tertiary/aromatic N) is 2. The molecule has 8 heteroatoms. The van der Waals surface area contributed by atoms with Gasteiger partial charge in [0.2, 0.25) is 5.91 Å². The van der Waals surface area contributed by atoms with Crippen LogP contribution in [0.15, 0.2) is 46.0 Å². The van der Waals surface area contributed by atoms with E-state index in [-0.39, 0.29) is 11.8 Å². The molecule has 1 fully saturated rings. The summed E-state index contributed by atoms with van der Waals surface area (Å²) in [6, 6.07) is 11.5. The largest absolute Gasteiger partial charge is 0.496 e. The normalized spacial score (nSPS) is 15.3. The predicted molar refractivity (Wildman–Crippen MR) is 122 cm³/mol. The van der Waals surface area contributed by atoms with Gasteiger partial charge in [-0.2, -0.15) is 5.10 Å². The Balaban J connectivity index is 1.50. The number of likely N-dealkylation sites (tertiary alicyclic amines) is 1.